The minimum atomic E-state index is -0.180. The number of anilines is 1. The number of nitrogens with zero attached hydrogens (tertiary/aromatic N) is 2. The standard InChI is InChI=1S/C12H16N4OS2/c1-4-13-12-16-15-11(19-12)10(17)14-8(3)9-6-5-7(2)18-9/h5-6,8H,4H2,1-3H3,(H,13,16)(H,14,17). The number of rotatable bonds is 5. The third kappa shape index (κ3) is 3.51. The van der Waals surface area contributed by atoms with Crippen LogP contribution in [0.4, 0.5) is 5.13 Å². The molecule has 0 saturated heterocycles. The molecule has 0 spiro atoms. The smallest absolute Gasteiger partial charge is 0.282 e. The Balaban J connectivity index is 1.99. The van der Waals surface area contributed by atoms with Crippen LogP contribution in [0.2, 0.25) is 0 Å². The Bertz CT molecular complexity index is 564. The summed E-state index contributed by atoms with van der Waals surface area (Å²) in [6, 6.07) is 4.07. The van der Waals surface area contributed by atoms with Crippen molar-refractivity contribution in [2.24, 2.45) is 0 Å². The molecule has 0 aromatic carbocycles. The van der Waals surface area contributed by atoms with Gasteiger partial charge in [-0.2, -0.15) is 0 Å². The first-order valence-electron chi connectivity index (χ1n) is 6.04. The van der Waals surface area contributed by atoms with Crippen LogP contribution in [-0.4, -0.2) is 22.6 Å². The molecule has 0 aliphatic heterocycles. The Kier molecular flexibility index (Phi) is 4.49. The highest BCUT2D eigenvalue weighted by molar-refractivity contribution is 7.17. The minimum Gasteiger partial charge on any atom is -0.360 e. The average molecular weight is 296 g/mol. The molecule has 1 amide bonds. The van der Waals surface area contributed by atoms with Gasteiger partial charge in [0.25, 0.3) is 5.91 Å². The van der Waals surface area contributed by atoms with E-state index in [1.54, 1.807) is 11.3 Å². The molecule has 1 unspecified atom stereocenters. The third-order valence-corrected chi connectivity index (χ3v) is 4.55. The van der Waals surface area contributed by atoms with Crippen LogP contribution in [-0.2, 0) is 0 Å². The maximum Gasteiger partial charge on any atom is 0.282 e. The molecule has 7 heteroatoms. The first-order chi connectivity index (χ1) is 9.10. The van der Waals surface area contributed by atoms with Crippen LogP contribution in [0.5, 0.6) is 0 Å². The molecule has 2 heterocycles. The number of carbonyl (C=O) groups is 1. The zero-order valence-electron chi connectivity index (χ0n) is 11.1. The highest BCUT2D eigenvalue weighted by Gasteiger charge is 2.16. The van der Waals surface area contributed by atoms with Gasteiger partial charge in [0, 0.05) is 16.3 Å². The summed E-state index contributed by atoms with van der Waals surface area (Å²) in [5.74, 6) is -0.180. The predicted octanol–water partition coefficient (Wildman–Crippen LogP) is 2.83. The van der Waals surface area contributed by atoms with Crippen LogP contribution in [0.1, 0.15) is 39.4 Å². The van der Waals surface area contributed by atoms with Crippen molar-refractivity contribution in [3.8, 4) is 0 Å². The van der Waals surface area contributed by atoms with Crippen molar-refractivity contribution < 1.29 is 4.79 Å². The molecule has 0 aliphatic rings. The molecule has 2 aromatic rings. The van der Waals surface area contributed by atoms with E-state index in [-0.39, 0.29) is 11.9 Å². The molecule has 0 bridgehead atoms. The fraction of sp³-hybridized carbons (Fsp3) is 0.417. The first-order valence-corrected chi connectivity index (χ1v) is 7.68. The minimum absolute atomic E-state index is 0.0160. The number of thiophene rings is 1. The second-order valence-electron chi connectivity index (χ2n) is 4.09. The molecule has 2 rings (SSSR count). The monoisotopic (exact) mass is 296 g/mol. The van der Waals surface area contributed by atoms with E-state index in [4.69, 9.17) is 0 Å². The maximum absolute atomic E-state index is 12.0. The van der Waals surface area contributed by atoms with Crippen LogP contribution in [0, 0.1) is 6.92 Å². The van der Waals surface area contributed by atoms with Gasteiger partial charge in [-0.05, 0) is 32.9 Å². The fourth-order valence-corrected chi connectivity index (χ4v) is 3.15. The maximum atomic E-state index is 12.0. The Hall–Kier alpha value is -1.47. The molecule has 0 radical (unpaired) electrons. The van der Waals surface area contributed by atoms with E-state index in [1.165, 1.54) is 16.2 Å². The number of hydrogen-bond acceptors (Lipinski definition) is 6. The molecule has 19 heavy (non-hydrogen) atoms. The highest BCUT2D eigenvalue weighted by atomic mass is 32.1. The SMILES string of the molecule is CCNc1nnc(C(=O)NC(C)c2ccc(C)s2)s1. The van der Waals surface area contributed by atoms with Gasteiger partial charge in [0.15, 0.2) is 0 Å². The lowest BCUT2D eigenvalue weighted by Crippen LogP contribution is -2.25. The van der Waals surface area contributed by atoms with Gasteiger partial charge in [-0.25, -0.2) is 0 Å². The van der Waals surface area contributed by atoms with Crippen molar-refractivity contribution in [1.82, 2.24) is 15.5 Å². The summed E-state index contributed by atoms with van der Waals surface area (Å²) in [5.41, 5.74) is 0. The summed E-state index contributed by atoms with van der Waals surface area (Å²) in [4.78, 5) is 14.4. The molecular formula is C12H16N4OS2. The van der Waals surface area contributed by atoms with E-state index in [0.717, 1.165) is 11.4 Å². The van der Waals surface area contributed by atoms with Crippen molar-refractivity contribution in [3.63, 3.8) is 0 Å². The van der Waals surface area contributed by atoms with Gasteiger partial charge in [-0.3, -0.25) is 4.79 Å². The molecule has 5 nitrogen and oxygen atoms in total. The number of aryl methyl sites for hydroxylation is 1. The molecule has 102 valence electrons. The van der Waals surface area contributed by atoms with Gasteiger partial charge < -0.3 is 10.6 Å². The van der Waals surface area contributed by atoms with Crippen LogP contribution in [0.15, 0.2) is 12.1 Å². The summed E-state index contributed by atoms with van der Waals surface area (Å²) in [6.45, 7) is 6.76. The normalized spacial score (nSPS) is 12.2. The highest BCUT2D eigenvalue weighted by Crippen LogP contribution is 2.23. The Morgan fingerprint density at radius 1 is 1.37 bits per heavy atom. The lowest BCUT2D eigenvalue weighted by molar-refractivity contribution is 0.0939. The average Bonchev–Trinajstić information content (AvgIpc) is 2.98. The number of nitrogens with one attached hydrogen (secondary N) is 2. The van der Waals surface area contributed by atoms with Crippen molar-refractivity contribution in [1.29, 1.82) is 0 Å². The van der Waals surface area contributed by atoms with Crippen molar-refractivity contribution in [3.05, 3.63) is 26.9 Å². The van der Waals surface area contributed by atoms with E-state index in [0.29, 0.717) is 10.1 Å². The van der Waals surface area contributed by atoms with E-state index in [9.17, 15) is 4.79 Å². The summed E-state index contributed by atoms with van der Waals surface area (Å²) in [5, 5.41) is 14.8. The van der Waals surface area contributed by atoms with E-state index in [2.05, 4.69) is 33.8 Å². The summed E-state index contributed by atoms with van der Waals surface area (Å²) in [7, 11) is 0. The van der Waals surface area contributed by atoms with E-state index >= 15 is 0 Å². The third-order valence-electron chi connectivity index (χ3n) is 2.48. The van der Waals surface area contributed by atoms with Gasteiger partial charge in [-0.1, -0.05) is 11.3 Å². The van der Waals surface area contributed by atoms with E-state index < -0.39 is 0 Å². The number of amides is 1. The van der Waals surface area contributed by atoms with Crippen LogP contribution in [0.25, 0.3) is 0 Å². The fourth-order valence-electron chi connectivity index (χ4n) is 1.55. The Morgan fingerprint density at radius 2 is 2.16 bits per heavy atom. The van der Waals surface area contributed by atoms with Crippen molar-refractivity contribution >= 4 is 33.7 Å². The van der Waals surface area contributed by atoms with Crippen LogP contribution < -0.4 is 10.6 Å². The zero-order chi connectivity index (χ0) is 13.8. The van der Waals surface area contributed by atoms with Gasteiger partial charge >= 0.3 is 0 Å². The van der Waals surface area contributed by atoms with Gasteiger partial charge in [0.05, 0.1) is 6.04 Å². The van der Waals surface area contributed by atoms with Gasteiger partial charge in [0.1, 0.15) is 0 Å². The number of carbonyl (C=O) groups excluding carboxylic acids is 1. The second kappa shape index (κ2) is 6.12. The summed E-state index contributed by atoms with van der Waals surface area (Å²) < 4.78 is 0. The lowest BCUT2D eigenvalue weighted by Gasteiger charge is -2.10. The predicted molar refractivity (Wildman–Crippen MR) is 79.0 cm³/mol. The zero-order valence-corrected chi connectivity index (χ0v) is 12.7. The van der Waals surface area contributed by atoms with Gasteiger partial charge in [0.2, 0.25) is 10.1 Å². The van der Waals surface area contributed by atoms with Crippen LogP contribution >= 0.6 is 22.7 Å². The molecular weight excluding hydrogens is 280 g/mol. The molecule has 0 aliphatic carbocycles. The molecule has 0 saturated carbocycles. The Labute approximate surface area is 120 Å². The Morgan fingerprint density at radius 3 is 2.79 bits per heavy atom. The number of aromatic nitrogens is 2. The topological polar surface area (TPSA) is 66.9 Å². The first kappa shape index (κ1) is 14.0. The van der Waals surface area contributed by atoms with Crippen molar-refractivity contribution in [2.75, 3.05) is 11.9 Å². The lowest BCUT2D eigenvalue weighted by atomic mass is 10.2. The second-order valence-corrected chi connectivity index (χ2v) is 6.38. The van der Waals surface area contributed by atoms with Crippen LogP contribution in [0.3, 0.4) is 0 Å². The largest absolute Gasteiger partial charge is 0.360 e. The summed E-state index contributed by atoms with van der Waals surface area (Å²) in [6.07, 6.45) is 0. The molecule has 2 aromatic heterocycles. The summed E-state index contributed by atoms with van der Waals surface area (Å²) >= 11 is 2.95. The number of hydrogen-bond donors (Lipinski definition) is 2. The quantitative estimate of drug-likeness (QED) is 0.890. The van der Waals surface area contributed by atoms with Gasteiger partial charge in [-0.15, -0.1) is 21.5 Å². The van der Waals surface area contributed by atoms with E-state index in [1.807, 2.05) is 19.9 Å². The molecule has 0 fully saturated rings. The molecule has 2 N–H and O–H groups in total. The van der Waals surface area contributed by atoms with Crippen molar-refractivity contribution in [2.45, 2.75) is 26.8 Å². The molecule has 1 atom stereocenters.